The maximum absolute atomic E-state index is 8.17. The first kappa shape index (κ1) is 9.99. The van der Waals surface area contributed by atoms with Crippen molar-refractivity contribution in [2.24, 2.45) is 0 Å². The fourth-order valence-electron chi connectivity index (χ4n) is 0.0577. The molecule has 0 heterocycles. The summed E-state index contributed by atoms with van der Waals surface area (Å²) in [6.45, 7) is -0.729. The van der Waals surface area contributed by atoms with Crippen molar-refractivity contribution in [3.05, 3.63) is 7.43 Å². The first-order valence-electron chi connectivity index (χ1n) is 1.71. The number of rotatable bonds is 2. The van der Waals surface area contributed by atoms with Gasteiger partial charge in [-0.25, -0.2) is 0 Å². The molecule has 0 saturated carbocycles. The average molecular weight is 104 g/mol. The van der Waals surface area contributed by atoms with Crippen LogP contribution in [-0.4, -0.2) is 34.6 Å². The van der Waals surface area contributed by atoms with Gasteiger partial charge in [0.05, 0.1) is 13.2 Å². The lowest BCUT2D eigenvalue weighted by Crippen LogP contribution is -2.15. The van der Waals surface area contributed by atoms with Crippen LogP contribution in [0.4, 0.5) is 0 Å². The Labute approximate surface area is 43.2 Å². The minimum atomic E-state index is -0.954. The SMILES string of the molecule is OCC(O)CO.[C]. The standard InChI is InChI=1S/C3H8O3.C/c4-1-3(6)2-5;/h3-6H,1-2H2;. The van der Waals surface area contributed by atoms with Crippen LogP contribution >= 0.6 is 0 Å². The lowest BCUT2D eigenvalue weighted by molar-refractivity contribution is 0.0450. The molecule has 0 aliphatic heterocycles. The molecule has 0 aromatic rings. The van der Waals surface area contributed by atoms with Gasteiger partial charge in [-0.15, -0.1) is 0 Å². The van der Waals surface area contributed by atoms with Gasteiger partial charge < -0.3 is 15.3 Å². The summed E-state index contributed by atoms with van der Waals surface area (Å²) in [5, 5.41) is 24.0. The van der Waals surface area contributed by atoms with Gasteiger partial charge in [-0.1, -0.05) is 0 Å². The summed E-state index contributed by atoms with van der Waals surface area (Å²) in [4.78, 5) is 0. The van der Waals surface area contributed by atoms with E-state index in [2.05, 4.69) is 0 Å². The van der Waals surface area contributed by atoms with E-state index in [1.807, 2.05) is 0 Å². The number of hydrogen-bond donors (Lipinski definition) is 3. The van der Waals surface area contributed by atoms with Crippen molar-refractivity contribution in [3.63, 3.8) is 0 Å². The van der Waals surface area contributed by atoms with E-state index in [1.54, 1.807) is 0 Å². The van der Waals surface area contributed by atoms with Crippen LogP contribution in [0.1, 0.15) is 0 Å². The highest BCUT2D eigenvalue weighted by atomic mass is 16.3. The van der Waals surface area contributed by atoms with Crippen LogP contribution < -0.4 is 0 Å². The molecule has 3 nitrogen and oxygen atoms in total. The van der Waals surface area contributed by atoms with Gasteiger partial charge in [0, 0.05) is 7.43 Å². The molecule has 0 aromatic heterocycles. The van der Waals surface area contributed by atoms with Gasteiger partial charge in [-0.2, -0.15) is 0 Å². The van der Waals surface area contributed by atoms with Gasteiger partial charge in [0.2, 0.25) is 0 Å². The second-order valence-corrected chi connectivity index (χ2v) is 1.02. The minimum absolute atomic E-state index is 0. The molecule has 3 N–H and O–H groups in total. The summed E-state index contributed by atoms with van der Waals surface area (Å²) in [6, 6.07) is 0. The Bertz CT molecular complexity index is 26.1. The van der Waals surface area contributed by atoms with Crippen LogP contribution in [0.3, 0.4) is 0 Å². The summed E-state index contributed by atoms with van der Waals surface area (Å²) in [6.07, 6.45) is -0.954. The highest BCUT2D eigenvalue weighted by molar-refractivity contribution is 4.43. The summed E-state index contributed by atoms with van der Waals surface area (Å²) < 4.78 is 0. The minimum Gasteiger partial charge on any atom is -0.394 e. The van der Waals surface area contributed by atoms with Gasteiger partial charge >= 0.3 is 0 Å². The predicted molar refractivity (Wildman–Crippen MR) is 23.4 cm³/mol. The fraction of sp³-hybridized carbons (Fsp3) is 0.750. The first-order chi connectivity index (χ1) is 2.81. The Kier molecular flexibility index (Phi) is 8.39. The predicted octanol–water partition coefficient (Wildman–Crippen LogP) is -1.59. The molecule has 0 bridgehead atoms. The zero-order valence-electron chi connectivity index (χ0n) is 3.83. The highest BCUT2D eigenvalue weighted by Gasteiger charge is 1.93. The zero-order valence-corrected chi connectivity index (χ0v) is 3.83. The first-order valence-corrected chi connectivity index (χ1v) is 1.71. The monoisotopic (exact) mass is 104 g/mol. The van der Waals surface area contributed by atoms with Crippen molar-refractivity contribution in [3.8, 4) is 0 Å². The quantitative estimate of drug-likeness (QED) is 0.396. The van der Waals surface area contributed by atoms with Crippen LogP contribution in [0.25, 0.3) is 0 Å². The lowest BCUT2D eigenvalue weighted by Gasteiger charge is -1.96. The molecule has 42 valence electrons. The van der Waals surface area contributed by atoms with E-state index in [0.29, 0.717) is 0 Å². The molecule has 4 radical (unpaired) electrons. The Balaban J connectivity index is 0. The van der Waals surface area contributed by atoms with E-state index < -0.39 is 6.10 Å². The van der Waals surface area contributed by atoms with E-state index in [9.17, 15) is 0 Å². The van der Waals surface area contributed by atoms with Crippen LogP contribution in [0.5, 0.6) is 0 Å². The molecular weight excluding hydrogens is 96.0 g/mol. The number of aliphatic hydroxyl groups excluding tert-OH is 3. The Hall–Kier alpha value is -0.120. The molecule has 0 aromatic carbocycles. The van der Waals surface area contributed by atoms with Gasteiger partial charge in [-0.3, -0.25) is 0 Å². The topological polar surface area (TPSA) is 60.7 Å². The van der Waals surface area contributed by atoms with Crippen molar-refractivity contribution in [1.82, 2.24) is 0 Å². The average Bonchev–Trinajstić information content (AvgIpc) is 1.65. The van der Waals surface area contributed by atoms with Crippen molar-refractivity contribution < 1.29 is 15.3 Å². The maximum Gasteiger partial charge on any atom is 0.100 e. The van der Waals surface area contributed by atoms with Crippen LogP contribution in [0.2, 0.25) is 0 Å². The Morgan fingerprint density at radius 1 is 1.14 bits per heavy atom. The van der Waals surface area contributed by atoms with Crippen LogP contribution in [-0.2, 0) is 0 Å². The zero-order chi connectivity index (χ0) is 4.99. The Morgan fingerprint density at radius 3 is 1.43 bits per heavy atom. The number of aliphatic hydroxyl groups is 3. The lowest BCUT2D eigenvalue weighted by atomic mass is 10.4. The molecule has 7 heavy (non-hydrogen) atoms. The third-order valence-corrected chi connectivity index (χ3v) is 0.421. The summed E-state index contributed by atoms with van der Waals surface area (Å²) in [7, 11) is 0. The normalized spacial score (nSPS) is 8.57. The van der Waals surface area contributed by atoms with Crippen molar-refractivity contribution in [2.45, 2.75) is 6.10 Å². The Morgan fingerprint density at radius 2 is 1.43 bits per heavy atom. The molecule has 0 unspecified atom stereocenters. The molecule has 0 rings (SSSR count). The second-order valence-electron chi connectivity index (χ2n) is 1.02. The van der Waals surface area contributed by atoms with E-state index >= 15 is 0 Å². The maximum atomic E-state index is 8.17. The van der Waals surface area contributed by atoms with E-state index in [4.69, 9.17) is 15.3 Å². The molecular formula is C4H8O3. The molecule has 0 spiro atoms. The third kappa shape index (κ3) is 5.88. The van der Waals surface area contributed by atoms with Crippen molar-refractivity contribution >= 4 is 0 Å². The third-order valence-electron chi connectivity index (χ3n) is 0.421. The second kappa shape index (κ2) is 5.88. The molecule has 0 saturated heterocycles. The molecule has 3 heteroatoms. The van der Waals surface area contributed by atoms with E-state index in [-0.39, 0.29) is 20.6 Å². The van der Waals surface area contributed by atoms with Crippen molar-refractivity contribution in [1.29, 1.82) is 0 Å². The molecule has 0 aliphatic rings. The molecule has 0 fully saturated rings. The van der Waals surface area contributed by atoms with Crippen LogP contribution in [0, 0.1) is 7.43 Å². The van der Waals surface area contributed by atoms with E-state index in [0.717, 1.165) is 0 Å². The summed E-state index contributed by atoms with van der Waals surface area (Å²) >= 11 is 0. The highest BCUT2D eigenvalue weighted by Crippen LogP contribution is 1.71. The molecule has 0 atom stereocenters. The van der Waals surface area contributed by atoms with Gasteiger partial charge in [0.25, 0.3) is 0 Å². The van der Waals surface area contributed by atoms with Gasteiger partial charge in [-0.05, 0) is 0 Å². The fourth-order valence-corrected chi connectivity index (χ4v) is 0.0577. The summed E-state index contributed by atoms with van der Waals surface area (Å²) in [5.41, 5.74) is 0. The van der Waals surface area contributed by atoms with E-state index in [1.165, 1.54) is 0 Å². The smallest absolute Gasteiger partial charge is 0.100 e. The largest absolute Gasteiger partial charge is 0.394 e. The van der Waals surface area contributed by atoms with Gasteiger partial charge in [0.15, 0.2) is 0 Å². The summed E-state index contributed by atoms with van der Waals surface area (Å²) in [5.74, 6) is 0. The molecule has 0 aliphatic carbocycles. The van der Waals surface area contributed by atoms with Crippen molar-refractivity contribution in [2.75, 3.05) is 13.2 Å². The van der Waals surface area contributed by atoms with Crippen LogP contribution in [0.15, 0.2) is 0 Å². The van der Waals surface area contributed by atoms with Gasteiger partial charge in [0.1, 0.15) is 6.10 Å². The molecule has 0 amide bonds. The number of hydrogen-bond acceptors (Lipinski definition) is 3.